The number of hydrogen-bond donors (Lipinski definition) is 1. The van der Waals surface area contributed by atoms with Crippen molar-refractivity contribution in [2.24, 2.45) is 0 Å². The summed E-state index contributed by atoms with van der Waals surface area (Å²) in [5, 5.41) is 11.0. The van der Waals surface area contributed by atoms with Crippen LogP contribution in [0.15, 0.2) is 58.9 Å². The van der Waals surface area contributed by atoms with Gasteiger partial charge >= 0.3 is 0 Å². The van der Waals surface area contributed by atoms with E-state index < -0.39 is 5.92 Å². The fourth-order valence-corrected chi connectivity index (χ4v) is 5.11. The minimum atomic E-state index is -0.584. The summed E-state index contributed by atoms with van der Waals surface area (Å²) in [5.41, 5.74) is 3.11. The van der Waals surface area contributed by atoms with Crippen LogP contribution >= 0.6 is 23.1 Å². The molecule has 2 heterocycles. The van der Waals surface area contributed by atoms with Crippen LogP contribution in [0, 0.1) is 12.3 Å². The van der Waals surface area contributed by atoms with E-state index in [0.29, 0.717) is 39.7 Å². The maximum absolute atomic E-state index is 12.9. The summed E-state index contributed by atoms with van der Waals surface area (Å²) >= 11 is 2.60. The fraction of sp³-hybridized carbons (Fsp3) is 0.208. The predicted octanol–water partition coefficient (Wildman–Crippen LogP) is 5.85. The largest absolute Gasteiger partial charge is 0.490 e. The number of allylic oxidation sites excluding steroid dienone is 1. The van der Waals surface area contributed by atoms with Crippen molar-refractivity contribution in [1.82, 2.24) is 4.98 Å². The standard InChI is InChI=1S/C24H22N2O3S2/c1-3-28-19-12-16(7-8-18(19)29-14-17-6-4-5-15(2)11-17)13-20-22(27)21(23(25)31-20)24-26-9-10-30-24/h4-13,21,25H,3,14H2,1-2H3/b20-13-,25-23?/t21-/m1/s1. The first-order chi connectivity index (χ1) is 15.0. The third-order valence-corrected chi connectivity index (χ3v) is 6.56. The third kappa shape index (κ3) is 4.89. The Morgan fingerprint density at radius 3 is 2.77 bits per heavy atom. The number of ketones is 1. The first-order valence-electron chi connectivity index (χ1n) is 9.92. The summed E-state index contributed by atoms with van der Waals surface area (Å²) in [7, 11) is 0. The lowest BCUT2D eigenvalue weighted by Crippen LogP contribution is -2.11. The number of nitrogens with one attached hydrogen (secondary N) is 1. The summed E-state index contributed by atoms with van der Waals surface area (Å²) in [5.74, 6) is 0.623. The van der Waals surface area contributed by atoms with Crippen LogP contribution in [0.5, 0.6) is 11.5 Å². The Kier molecular flexibility index (Phi) is 6.53. The van der Waals surface area contributed by atoms with E-state index in [1.807, 2.05) is 48.7 Å². The van der Waals surface area contributed by atoms with Gasteiger partial charge in [-0.3, -0.25) is 10.2 Å². The van der Waals surface area contributed by atoms with E-state index >= 15 is 0 Å². The summed E-state index contributed by atoms with van der Waals surface area (Å²) < 4.78 is 11.8. The molecule has 1 aliphatic heterocycles. The van der Waals surface area contributed by atoms with Crippen LogP contribution in [0.4, 0.5) is 0 Å². The molecule has 31 heavy (non-hydrogen) atoms. The molecule has 158 valence electrons. The smallest absolute Gasteiger partial charge is 0.186 e. The van der Waals surface area contributed by atoms with Crippen molar-refractivity contribution in [3.05, 3.63) is 80.6 Å². The summed E-state index contributed by atoms with van der Waals surface area (Å²) in [6.07, 6.45) is 3.47. The van der Waals surface area contributed by atoms with Crippen molar-refractivity contribution >= 4 is 40.0 Å². The second kappa shape index (κ2) is 9.49. The second-order valence-electron chi connectivity index (χ2n) is 7.06. The predicted molar refractivity (Wildman–Crippen MR) is 126 cm³/mol. The number of nitrogens with zero attached hydrogens (tertiary/aromatic N) is 1. The Bertz CT molecular complexity index is 1140. The van der Waals surface area contributed by atoms with Gasteiger partial charge in [0.1, 0.15) is 17.5 Å². The molecule has 0 unspecified atom stereocenters. The fourth-order valence-electron chi connectivity index (χ4n) is 3.31. The molecule has 7 heteroatoms. The van der Waals surface area contributed by atoms with Crippen LogP contribution in [-0.2, 0) is 11.4 Å². The lowest BCUT2D eigenvalue weighted by Gasteiger charge is -2.13. The average Bonchev–Trinajstić information content (AvgIpc) is 3.36. The van der Waals surface area contributed by atoms with Crippen LogP contribution < -0.4 is 9.47 Å². The molecule has 1 atom stereocenters. The SMILES string of the molecule is CCOc1cc(/C=C2\SC(=N)[C@H](c3nccs3)C2=O)ccc1OCc1cccc(C)c1. The van der Waals surface area contributed by atoms with Gasteiger partial charge in [0.25, 0.3) is 0 Å². The Morgan fingerprint density at radius 1 is 1.16 bits per heavy atom. The van der Waals surface area contributed by atoms with Gasteiger partial charge in [0.2, 0.25) is 0 Å². The monoisotopic (exact) mass is 450 g/mol. The van der Waals surface area contributed by atoms with Crippen molar-refractivity contribution < 1.29 is 14.3 Å². The Hall–Kier alpha value is -2.90. The van der Waals surface area contributed by atoms with Gasteiger partial charge in [0, 0.05) is 11.6 Å². The molecule has 0 aliphatic carbocycles. The van der Waals surface area contributed by atoms with Gasteiger partial charge in [-0.25, -0.2) is 4.98 Å². The number of Topliss-reactive ketones (excluding diaryl/α,β-unsaturated/α-hetero) is 1. The third-order valence-electron chi connectivity index (χ3n) is 4.73. The van der Waals surface area contributed by atoms with Gasteiger partial charge in [-0.15, -0.1) is 11.3 Å². The quantitative estimate of drug-likeness (QED) is 0.457. The number of rotatable bonds is 7. The molecule has 1 saturated heterocycles. The molecule has 0 radical (unpaired) electrons. The molecule has 0 amide bonds. The molecule has 0 bridgehead atoms. The second-order valence-corrected chi connectivity index (χ2v) is 9.07. The lowest BCUT2D eigenvalue weighted by atomic mass is 10.0. The molecular weight excluding hydrogens is 428 g/mol. The number of aromatic nitrogens is 1. The highest BCUT2D eigenvalue weighted by molar-refractivity contribution is 8.19. The topological polar surface area (TPSA) is 72.3 Å². The summed E-state index contributed by atoms with van der Waals surface area (Å²) in [4.78, 5) is 17.6. The highest BCUT2D eigenvalue weighted by Gasteiger charge is 2.38. The van der Waals surface area contributed by atoms with Crippen molar-refractivity contribution in [3.63, 3.8) is 0 Å². The first-order valence-corrected chi connectivity index (χ1v) is 11.6. The van der Waals surface area contributed by atoms with Gasteiger partial charge in [-0.1, -0.05) is 47.7 Å². The van der Waals surface area contributed by atoms with Crippen LogP contribution in [0.1, 0.15) is 34.5 Å². The van der Waals surface area contributed by atoms with E-state index in [9.17, 15) is 4.79 Å². The van der Waals surface area contributed by atoms with Gasteiger partial charge in [0.15, 0.2) is 17.3 Å². The Balaban J connectivity index is 1.54. The molecule has 0 spiro atoms. The molecule has 2 aromatic carbocycles. The number of benzene rings is 2. The molecular formula is C24H22N2O3S2. The number of aryl methyl sites for hydroxylation is 1. The number of ether oxygens (including phenoxy) is 2. The Labute approximate surface area is 189 Å². The number of hydrogen-bond acceptors (Lipinski definition) is 7. The van der Waals surface area contributed by atoms with Gasteiger partial charge in [-0.05, 0) is 43.2 Å². The lowest BCUT2D eigenvalue weighted by molar-refractivity contribution is -0.114. The van der Waals surface area contributed by atoms with Crippen molar-refractivity contribution in [3.8, 4) is 11.5 Å². The maximum Gasteiger partial charge on any atom is 0.186 e. The van der Waals surface area contributed by atoms with E-state index in [1.165, 1.54) is 28.7 Å². The molecule has 0 saturated carbocycles. The number of carbonyl (C=O) groups excluding carboxylic acids is 1. The number of thioether (sulfide) groups is 1. The van der Waals surface area contributed by atoms with E-state index in [2.05, 4.69) is 24.0 Å². The zero-order chi connectivity index (χ0) is 21.8. The maximum atomic E-state index is 12.9. The number of carbonyl (C=O) groups is 1. The molecule has 1 fully saturated rings. The molecule has 1 N–H and O–H groups in total. The van der Waals surface area contributed by atoms with Crippen molar-refractivity contribution in [1.29, 1.82) is 5.41 Å². The zero-order valence-electron chi connectivity index (χ0n) is 17.3. The Morgan fingerprint density at radius 2 is 2.03 bits per heavy atom. The zero-order valence-corrected chi connectivity index (χ0v) is 18.9. The van der Waals surface area contributed by atoms with Crippen LogP contribution in [0.3, 0.4) is 0 Å². The molecule has 5 nitrogen and oxygen atoms in total. The highest BCUT2D eigenvalue weighted by Crippen LogP contribution is 2.41. The minimum Gasteiger partial charge on any atom is -0.490 e. The molecule has 4 rings (SSSR count). The normalized spacial score (nSPS) is 17.4. The number of thiazole rings is 1. The van der Waals surface area contributed by atoms with Crippen molar-refractivity contribution in [2.45, 2.75) is 26.4 Å². The van der Waals surface area contributed by atoms with E-state index in [0.717, 1.165) is 11.1 Å². The van der Waals surface area contributed by atoms with E-state index in [4.69, 9.17) is 14.9 Å². The van der Waals surface area contributed by atoms with Gasteiger partial charge in [0.05, 0.1) is 16.6 Å². The van der Waals surface area contributed by atoms with Crippen LogP contribution in [0.2, 0.25) is 0 Å². The van der Waals surface area contributed by atoms with Crippen LogP contribution in [-0.4, -0.2) is 22.4 Å². The highest BCUT2D eigenvalue weighted by atomic mass is 32.2. The summed E-state index contributed by atoms with van der Waals surface area (Å²) in [6, 6.07) is 13.8. The molecule has 1 aliphatic rings. The summed E-state index contributed by atoms with van der Waals surface area (Å²) in [6.45, 7) is 4.93. The van der Waals surface area contributed by atoms with Gasteiger partial charge < -0.3 is 9.47 Å². The van der Waals surface area contributed by atoms with Gasteiger partial charge in [-0.2, -0.15) is 0 Å². The molecule has 1 aromatic heterocycles. The van der Waals surface area contributed by atoms with E-state index in [1.54, 1.807) is 6.20 Å². The van der Waals surface area contributed by atoms with Crippen LogP contribution in [0.25, 0.3) is 6.08 Å². The van der Waals surface area contributed by atoms with Crippen molar-refractivity contribution in [2.75, 3.05) is 6.61 Å². The first kappa shape index (κ1) is 21.3. The minimum absolute atomic E-state index is 0.0808. The average molecular weight is 451 g/mol. The van der Waals surface area contributed by atoms with E-state index in [-0.39, 0.29) is 5.78 Å². The molecule has 3 aromatic rings.